The third-order valence-electron chi connectivity index (χ3n) is 5.47. The van der Waals surface area contributed by atoms with Gasteiger partial charge >= 0.3 is 0 Å². The van der Waals surface area contributed by atoms with Crippen molar-refractivity contribution in [2.75, 3.05) is 0 Å². The molecule has 0 bridgehead atoms. The molecule has 0 aromatic heterocycles. The van der Waals surface area contributed by atoms with Gasteiger partial charge < -0.3 is 0 Å². The van der Waals surface area contributed by atoms with E-state index >= 15 is 0 Å². The molecule has 0 radical (unpaired) electrons. The number of allylic oxidation sites excluding steroid dienone is 4. The molecule has 6 unspecified atom stereocenters. The zero-order valence-corrected chi connectivity index (χ0v) is 9.31. The average molecular weight is 200 g/mol. The number of fused-ring (bicyclic) bond motifs is 5. The highest BCUT2D eigenvalue weighted by molar-refractivity contribution is 5.16. The molecule has 4 aliphatic carbocycles. The van der Waals surface area contributed by atoms with Crippen molar-refractivity contribution in [2.24, 2.45) is 35.5 Å². The van der Waals surface area contributed by atoms with E-state index in [1.807, 2.05) is 0 Å². The van der Waals surface area contributed by atoms with Crippen molar-refractivity contribution in [3.63, 3.8) is 0 Å². The molecule has 0 heteroatoms. The van der Waals surface area contributed by atoms with Crippen molar-refractivity contribution in [1.82, 2.24) is 0 Å². The average Bonchev–Trinajstić information content (AvgIpc) is 2.94. The summed E-state index contributed by atoms with van der Waals surface area (Å²) in [5, 5.41) is 0. The second kappa shape index (κ2) is 2.99. The van der Waals surface area contributed by atoms with Gasteiger partial charge in [0.05, 0.1) is 0 Å². The molecule has 4 rings (SSSR count). The molecule has 0 aliphatic heterocycles. The molecule has 2 saturated carbocycles. The van der Waals surface area contributed by atoms with E-state index in [0.717, 1.165) is 35.5 Å². The Morgan fingerprint density at radius 1 is 0.733 bits per heavy atom. The Bertz CT molecular complexity index is 325. The van der Waals surface area contributed by atoms with Crippen LogP contribution in [-0.2, 0) is 0 Å². The molecule has 0 heterocycles. The lowest BCUT2D eigenvalue weighted by molar-refractivity contribution is 0.182. The van der Waals surface area contributed by atoms with Crippen LogP contribution in [0.4, 0.5) is 0 Å². The molecule has 2 fully saturated rings. The maximum Gasteiger partial charge on any atom is -0.0165 e. The van der Waals surface area contributed by atoms with Gasteiger partial charge in [0.25, 0.3) is 0 Å². The van der Waals surface area contributed by atoms with Gasteiger partial charge in [-0.15, -0.1) is 0 Å². The van der Waals surface area contributed by atoms with E-state index in [1.54, 1.807) is 6.42 Å². The van der Waals surface area contributed by atoms with E-state index in [0.29, 0.717) is 0 Å². The van der Waals surface area contributed by atoms with Gasteiger partial charge in [-0.05, 0) is 67.6 Å². The van der Waals surface area contributed by atoms with E-state index < -0.39 is 0 Å². The van der Waals surface area contributed by atoms with E-state index in [4.69, 9.17) is 0 Å². The van der Waals surface area contributed by atoms with Gasteiger partial charge in [-0.25, -0.2) is 0 Å². The third-order valence-corrected chi connectivity index (χ3v) is 5.47. The number of hydrogen-bond donors (Lipinski definition) is 0. The SMILES string of the molecule is C1=CC2C(C1)CC=CC1C3CC3CCC21. The van der Waals surface area contributed by atoms with Crippen LogP contribution in [0.15, 0.2) is 24.3 Å². The zero-order valence-electron chi connectivity index (χ0n) is 9.31. The minimum absolute atomic E-state index is 0.937. The third kappa shape index (κ3) is 1.20. The summed E-state index contributed by atoms with van der Waals surface area (Å²) in [6.07, 6.45) is 17.4. The highest BCUT2D eigenvalue weighted by atomic mass is 14.6. The Balaban J connectivity index is 1.68. The summed E-state index contributed by atoms with van der Waals surface area (Å²) in [6, 6.07) is 0. The Morgan fingerprint density at radius 3 is 2.40 bits per heavy atom. The first kappa shape index (κ1) is 8.61. The number of hydrogen-bond acceptors (Lipinski definition) is 0. The Labute approximate surface area is 92.4 Å². The van der Waals surface area contributed by atoms with Crippen LogP contribution in [0.2, 0.25) is 0 Å². The molecule has 4 aliphatic rings. The van der Waals surface area contributed by atoms with Crippen LogP contribution < -0.4 is 0 Å². The van der Waals surface area contributed by atoms with Crippen LogP contribution in [0.3, 0.4) is 0 Å². The quantitative estimate of drug-likeness (QED) is 0.522. The van der Waals surface area contributed by atoms with Crippen LogP contribution in [0.25, 0.3) is 0 Å². The molecule has 0 saturated heterocycles. The lowest BCUT2D eigenvalue weighted by Gasteiger charge is -2.34. The molecule has 0 amide bonds. The van der Waals surface area contributed by atoms with E-state index in [9.17, 15) is 0 Å². The maximum atomic E-state index is 2.60. The van der Waals surface area contributed by atoms with Gasteiger partial charge in [0, 0.05) is 0 Å². The highest BCUT2D eigenvalue weighted by Gasteiger charge is 2.51. The van der Waals surface area contributed by atoms with Gasteiger partial charge in [0.2, 0.25) is 0 Å². The van der Waals surface area contributed by atoms with E-state index in [1.165, 1.54) is 25.7 Å². The molecular weight excluding hydrogens is 180 g/mol. The topological polar surface area (TPSA) is 0 Å². The maximum absolute atomic E-state index is 2.60. The van der Waals surface area contributed by atoms with Crippen LogP contribution in [-0.4, -0.2) is 0 Å². The smallest absolute Gasteiger partial charge is 0.0165 e. The van der Waals surface area contributed by atoms with Crippen molar-refractivity contribution < 1.29 is 0 Å². The summed E-state index contributed by atoms with van der Waals surface area (Å²) in [4.78, 5) is 0. The molecule has 0 spiro atoms. The predicted molar refractivity (Wildman–Crippen MR) is 62.3 cm³/mol. The summed E-state index contributed by atoms with van der Waals surface area (Å²) < 4.78 is 0. The van der Waals surface area contributed by atoms with Gasteiger partial charge in [0.15, 0.2) is 0 Å². The molecule has 0 aromatic carbocycles. The largest absolute Gasteiger partial charge is 0.0879 e. The first-order valence-corrected chi connectivity index (χ1v) is 6.77. The first-order chi connectivity index (χ1) is 7.43. The Kier molecular flexibility index (Phi) is 1.72. The monoisotopic (exact) mass is 200 g/mol. The molecule has 0 N–H and O–H groups in total. The van der Waals surface area contributed by atoms with Crippen LogP contribution in [0.5, 0.6) is 0 Å². The van der Waals surface area contributed by atoms with Crippen LogP contribution >= 0.6 is 0 Å². The van der Waals surface area contributed by atoms with Crippen molar-refractivity contribution in [3.8, 4) is 0 Å². The lowest BCUT2D eigenvalue weighted by atomic mass is 9.70. The summed E-state index contributed by atoms with van der Waals surface area (Å²) in [5.74, 6) is 6.08. The van der Waals surface area contributed by atoms with Crippen molar-refractivity contribution >= 4 is 0 Å². The standard InChI is InChI=1S/C15H20/c1-3-10-4-2-6-13-14(12(10)5-1)8-7-11-9-15(11)13/h1-2,5-6,10-15H,3-4,7-9H2. The fraction of sp³-hybridized carbons (Fsp3) is 0.733. The minimum Gasteiger partial charge on any atom is -0.0879 e. The van der Waals surface area contributed by atoms with Gasteiger partial charge in [-0.3, -0.25) is 0 Å². The zero-order chi connectivity index (χ0) is 9.83. The minimum atomic E-state index is 0.937. The second-order valence-electron chi connectivity index (χ2n) is 6.14. The fourth-order valence-corrected chi connectivity index (χ4v) is 4.61. The number of rotatable bonds is 0. The van der Waals surface area contributed by atoms with Crippen LogP contribution in [0, 0.1) is 35.5 Å². The summed E-state index contributed by atoms with van der Waals surface area (Å²) in [5.41, 5.74) is 0. The highest BCUT2D eigenvalue weighted by Crippen LogP contribution is 2.59. The van der Waals surface area contributed by atoms with Gasteiger partial charge in [0.1, 0.15) is 0 Å². The second-order valence-corrected chi connectivity index (χ2v) is 6.14. The lowest BCUT2D eigenvalue weighted by Crippen LogP contribution is -2.28. The summed E-state index contributed by atoms with van der Waals surface area (Å²) in [7, 11) is 0. The van der Waals surface area contributed by atoms with Crippen molar-refractivity contribution in [1.29, 1.82) is 0 Å². The van der Waals surface area contributed by atoms with Crippen LogP contribution in [0.1, 0.15) is 32.1 Å². The molecule has 80 valence electrons. The molecule has 0 nitrogen and oxygen atoms in total. The normalized spacial score (nSPS) is 55.5. The van der Waals surface area contributed by atoms with E-state index in [-0.39, 0.29) is 0 Å². The molecule has 15 heavy (non-hydrogen) atoms. The molecular formula is C15H20. The van der Waals surface area contributed by atoms with Gasteiger partial charge in [-0.1, -0.05) is 24.3 Å². The Morgan fingerprint density at radius 2 is 1.53 bits per heavy atom. The van der Waals surface area contributed by atoms with Crippen molar-refractivity contribution in [3.05, 3.63) is 24.3 Å². The molecule has 0 aromatic rings. The molecule has 6 atom stereocenters. The van der Waals surface area contributed by atoms with E-state index in [2.05, 4.69) is 24.3 Å². The van der Waals surface area contributed by atoms with Crippen molar-refractivity contribution in [2.45, 2.75) is 32.1 Å². The Hall–Kier alpha value is -0.520. The fourth-order valence-electron chi connectivity index (χ4n) is 4.61. The first-order valence-electron chi connectivity index (χ1n) is 6.77. The summed E-state index contributed by atoms with van der Waals surface area (Å²) >= 11 is 0. The summed E-state index contributed by atoms with van der Waals surface area (Å²) in [6.45, 7) is 0. The van der Waals surface area contributed by atoms with Gasteiger partial charge in [-0.2, -0.15) is 0 Å². The predicted octanol–water partition coefficient (Wildman–Crippen LogP) is 3.80.